The van der Waals surface area contributed by atoms with Gasteiger partial charge in [-0.3, -0.25) is 0 Å². The molecular formula is C14H12ClF4N3O. The van der Waals surface area contributed by atoms with E-state index in [2.05, 4.69) is 4.98 Å². The molecule has 2 aromatic rings. The molecule has 0 atom stereocenters. The van der Waals surface area contributed by atoms with Gasteiger partial charge in [-0.2, -0.15) is 13.2 Å². The highest BCUT2D eigenvalue weighted by atomic mass is 35.5. The Labute approximate surface area is 134 Å². The molecule has 2 rings (SSSR count). The fourth-order valence-electron chi connectivity index (χ4n) is 1.98. The first kappa shape index (κ1) is 17.3. The van der Waals surface area contributed by atoms with Gasteiger partial charge in [0.1, 0.15) is 17.1 Å². The van der Waals surface area contributed by atoms with Crippen molar-refractivity contribution in [3.05, 3.63) is 52.4 Å². The van der Waals surface area contributed by atoms with Crippen LogP contribution in [0.1, 0.15) is 11.1 Å². The summed E-state index contributed by atoms with van der Waals surface area (Å²) in [4.78, 5) is 3.50. The first-order valence-corrected chi connectivity index (χ1v) is 6.81. The Hall–Kier alpha value is -2.06. The Balaban J connectivity index is 2.18. The number of hydrogen-bond acceptors (Lipinski definition) is 4. The zero-order chi connectivity index (χ0) is 17.0. The van der Waals surface area contributed by atoms with Gasteiger partial charge in [0.05, 0.1) is 6.61 Å². The Kier molecular flexibility index (Phi) is 5.27. The van der Waals surface area contributed by atoms with Crippen LogP contribution < -0.4 is 16.0 Å². The van der Waals surface area contributed by atoms with Crippen LogP contribution in [-0.2, 0) is 12.6 Å². The number of hydrogen-bond donors (Lipinski definition) is 2. The van der Waals surface area contributed by atoms with E-state index in [0.29, 0.717) is 0 Å². The number of alkyl halides is 3. The number of rotatable bonds is 5. The van der Waals surface area contributed by atoms with Crippen molar-refractivity contribution in [3.8, 4) is 5.75 Å². The molecule has 3 N–H and O–H groups in total. The third-order valence-electron chi connectivity index (χ3n) is 3.00. The maximum Gasteiger partial charge on any atom is 0.423 e. The molecule has 0 unspecified atom stereocenters. The normalized spacial score (nSPS) is 11.4. The predicted octanol–water partition coefficient (Wildman–Crippen LogP) is 3.80. The van der Waals surface area contributed by atoms with E-state index in [9.17, 15) is 17.6 Å². The number of nitrogens with zero attached hydrogens (tertiary/aromatic N) is 1. The lowest BCUT2D eigenvalue weighted by Crippen LogP contribution is -2.18. The standard InChI is InChI=1S/C14H12ClF4N3O/c15-9-2-1-3-10(16)8(9)5-7-23-11-4-6-21-13(22-20)12(11)14(17,18)19/h1-4,6H,5,7,20H2,(H,21,22). The van der Waals surface area contributed by atoms with Crippen LogP contribution in [0.5, 0.6) is 5.75 Å². The van der Waals surface area contributed by atoms with E-state index in [-0.39, 0.29) is 23.6 Å². The minimum Gasteiger partial charge on any atom is -0.492 e. The molecule has 0 spiro atoms. The quantitative estimate of drug-likeness (QED) is 0.489. The van der Waals surface area contributed by atoms with E-state index < -0.39 is 29.1 Å². The molecule has 1 aromatic heterocycles. The highest BCUT2D eigenvalue weighted by molar-refractivity contribution is 6.31. The van der Waals surface area contributed by atoms with Gasteiger partial charge < -0.3 is 10.2 Å². The summed E-state index contributed by atoms with van der Waals surface area (Å²) in [5, 5.41) is 0.184. The maximum atomic E-state index is 13.6. The fraction of sp³-hybridized carbons (Fsp3) is 0.214. The molecule has 23 heavy (non-hydrogen) atoms. The zero-order valence-corrected chi connectivity index (χ0v) is 12.4. The van der Waals surface area contributed by atoms with Gasteiger partial charge in [-0.05, 0) is 18.2 Å². The summed E-state index contributed by atoms with van der Waals surface area (Å²) in [5.74, 6) is 3.49. The lowest BCUT2D eigenvalue weighted by atomic mass is 10.1. The molecule has 0 saturated heterocycles. The minimum absolute atomic E-state index is 0.0104. The lowest BCUT2D eigenvalue weighted by molar-refractivity contribution is -0.138. The fourth-order valence-corrected chi connectivity index (χ4v) is 2.24. The van der Waals surface area contributed by atoms with Crippen molar-refractivity contribution in [2.45, 2.75) is 12.6 Å². The van der Waals surface area contributed by atoms with E-state index in [4.69, 9.17) is 22.2 Å². The molecule has 0 amide bonds. The summed E-state index contributed by atoms with van der Waals surface area (Å²) in [7, 11) is 0. The summed E-state index contributed by atoms with van der Waals surface area (Å²) in [5.41, 5.74) is 0.929. The number of pyridine rings is 1. The topological polar surface area (TPSA) is 60.2 Å². The van der Waals surface area contributed by atoms with Gasteiger partial charge in [0, 0.05) is 23.2 Å². The average Bonchev–Trinajstić information content (AvgIpc) is 2.48. The van der Waals surface area contributed by atoms with E-state index >= 15 is 0 Å². The van der Waals surface area contributed by atoms with E-state index in [1.165, 1.54) is 18.2 Å². The van der Waals surface area contributed by atoms with Crippen LogP contribution in [0.15, 0.2) is 30.5 Å². The molecule has 0 bridgehead atoms. The monoisotopic (exact) mass is 349 g/mol. The lowest BCUT2D eigenvalue weighted by Gasteiger charge is -2.16. The first-order chi connectivity index (χ1) is 10.8. The Morgan fingerprint density at radius 1 is 1.26 bits per heavy atom. The summed E-state index contributed by atoms with van der Waals surface area (Å²) >= 11 is 5.85. The van der Waals surface area contributed by atoms with Gasteiger partial charge in [0.25, 0.3) is 0 Å². The van der Waals surface area contributed by atoms with Gasteiger partial charge in [-0.15, -0.1) is 0 Å². The molecule has 9 heteroatoms. The van der Waals surface area contributed by atoms with Crippen molar-refractivity contribution in [2.75, 3.05) is 12.0 Å². The third-order valence-corrected chi connectivity index (χ3v) is 3.36. The van der Waals surface area contributed by atoms with E-state index in [1.54, 1.807) is 0 Å². The largest absolute Gasteiger partial charge is 0.492 e. The molecule has 0 radical (unpaired) electrons. The van der Waals surface area contributed by atoms with Crippen LogP contribution in [0.25, 0.3) is 0 Å². The smallest absolute Gasteiger partial charge is 0.423 e. The van der Waals surface area contributed by atoms with Crippen molar-refractivity contribution >= 4 is 17.4 Å². The van der Waals surface area contributed by atoms with Gasteiger partial charge in [0.15, 0.2) is 5.82 Å². The van der Waals surface area contributed by atoms with Gasteiger partial charge in [0.2, 0.25) is 0 Å². The van der Waals surface area contributed by atoms with Crippen LogP contribution >= 0.6 is 11.6 Å². The summed E-state index contributed by atoms with van der Waals surface area (Å²) in [6, 6.07) is 5.20. The molecular weight excluding hydrogens is 338 g/mol. The van der Waals surface area contributed by atoms with Gasteiger partial charge in [-0.1, -0.05) is 17.7 Å². The van der Waals surface area contributed by atoms with Crippen molar-refractivity contribution in [2.24, 2.45) is 5.84 Å². The van der Waals surface area contributed by atoms with Crippen LogP contribution in [0, 0.1) is 5.82 Å². The molecule has 4 nitrogen and oxygen atoms in total. The van der Waals surface area contributed by atoms with Crippen LogP contribution in [0.3, 0.4) is 0 Å². The summed E-state index contributed by atoms with van der Waals surface area (Å²) < 4.78 is 58.0. The number of nitrogen functional groups attached to an aromatic ring is 1. The van der Waals surface area contributed by atoms with Crippen LogP contribution in [0.4, 0.5) is 23.4 Å². The van der Waals surface area contributed by atoms with Crippen LogP contribution in [-0.4, -0.2) is 11.6 Å². The second kappa shape index (κ2) is 7.01. The van der Waals surface area contributed by atoms with Gasteiger partial charge in [-0.25, -0.2) is 15.2 Å². The number of anilines is 1. The molecule has 0 aliphatic rings. The highest BCUT2D eigenvalue weighted by Crippen LogP contribution is 2.40. The second-order valence-corrected chi connectivity index (χ2v) is 4.88. The molecule has 0 saturated carbocycles. The Morgan fingerprint density at radius 3 is 2.61 bits per heavy atom. The molecule has 1 aromatic carbocycles. The molecule has 0 fully saturated rings. The predicted molar refractivity (Wildman–Crippen MR) is 77.7 cm³/mol. The maximum absolute atomic E-state index is 13.6. The number of halogens is 5. The van der Waals surface area contributed by atoms with Crippen LogP contribution in [0.2, 0.25) is 5.02 Å². The Morgan fingerprint density at radius 2 is 2.00 bits per heavy atom. The second-order valence-electron chi connectivity index (χ2n) is 4.47. The number of benzene rings is 1. The highest BCUT2D eigenvalue weighted by Gasteiger charge is 2.38. The number of aromatic nitrogens is 1. The first-order valence-electron chi connectivity index (χ1n) is 6.43. The SMILES string of the molecule is NNc1nccc(OCCc2c(F)cccc2Cl)c1C(F)(F)F. The molecule has 0 aliphatic heterocycles. The number of ether oxygens (including phenoxy) is 1. The average molecular weight is 350 g/mol. The van der Waals surface area contributed by atoms with E-state index in [1.807, 2.05) is 5.43 Å². The number of hydrazine groups is 1. The number of nitrogens with one attached hydrogen (secondary N) is 1. The molecule has 0 aliphatic carbocycles. The minimum atomic E-state index is -4.71. The van der Waals surface area contributed by atoms with E-state index in [0.717, 1.165) is 12.3 Å². The number of nitrogens with two attached hydrogens (primary N) is 1. The van der Waals surface area contributed by atoms with Gasteiger partial charge >= 0.3 is 6.18 Å². The van der Waals surface area contributed by atoms with Crippen molar-refractivity contribution in [1.29, 1.82) is 0 Å². The third kappa shape index (κ3) is 4.02. The zero-order valence-electron chi connectivity index (χ0n) is 11.6. The Bertz CT molecular complexity index is 674. The van der Waals surface area contributed by atoms with Crippen molar-refractivity contribution in [3.63, 3.8) is 0 Å². The molecule has 124 valence electrons. The summed E-state index contributed by atoms with van der Waals surface area (Å²) in [6.45, 7) is -0.197. The summed E-state index contributed by atoms with van der Waals surface area (Å²) in [6.07, 6.45) is -3.58. The molecule has 1 heterocycles. The van der Waals surface area contributed by atoms with Crippen molar-refractivity contribution in [1.82, 2.24) is 4.98 Å². The van der Waals surface area contributed by atoms with Crippen molar-refractivity contribution < 1.29 is 22.3 Å².